The zero-order chi connectivity index (χ0) is 22.0. The molecule has 0 saturated heterocycles. The van der Waals surface area contributed by atoms with Crippen molar-refractivity contribution in [2.24, 2.45) is 10.6 Å². The van der Waals surface area contributed by atoms with Crippen molar-refractivity contribution in [1.82, 2.24) is 4.57 Å². The highest BCUT2D eigenvalue weighted by Crippen LogP contribution is 2.64. The number of rotatable bonds is 3. The molecule has 2 heterocycles. The van der Waals surface area contributed by atoms with E-state index in [2.05, 4.69) is 15.8 Å². The summed E-state index contributed by atoms with van der Waals surface area (Å²) in [4.78, 5) is 35.3. The second-order valence-electron chi connectivity index (χ2n) is 9.60. The van der Waals surface area contributed by atoms with Gasteiger partial charge in [-0.25, -0.2) is 0 Å². The van der Waals surface area contributed by atoms with E-state index in [0.717, 1.165) is 40.6 Å². The number of hydrogen-bond acceptors (Lipinski definition) is 4. The zero-order valence-corrected chi connectivity index (χ0v) is 17.7. The number of hydrogen-bond donors (Lipinski definition) is 0. The lowest BCUT2D eigenvalue weighted by atomic mass is 9.81. The summed E-state index contributed by atoms with van der Waals surface area (Å²) in [6, 6.07) is 13.4. The third-order valence-electron chi connectivity index (χ3n) is 7.96. The first kappa shape index (κ1) is 19.4. The highest BCUT2D eigenvalue weighted by Gasteiger charge is 2.58. The highest BCUT2D eigenvalue weighted by molar-refractivity contribution is 6.01. The molecule has 2 aliphatic carbocycles. The summed E-state index contributed by atoms with van der Waals surface area (Å²) in [6.07, 6.45) is 6.34. The zero-order valence-electron chi connectivity index (χ0n) is 17.7. The largest absolute Gasteiger partial charge is 0.549 e. The number of nitrogens with zero attached hydrogens (tertiary/aromatic N) is 2. The molecule has 2 atom stereocenters. The van der Waals surface area contributed by atoms with Gasteiger partial charge in [-0.3, -0.25) is 4.79 Å². The van der Waals surface area contributed by atoms with E-state index in [4.69, 9.17) is 0 Å². The topological polar surface area (TPSA) is 91.6 Å². The number of aliphatic carboxylic acids is 1. The maximum atomic E-state index is 12.3. The second kappa shape index (κ2) is 6.86. The number of carboxylic acids is 1. The third-order valence-corrected chi connectivity index (χ3v) is 7.96. The van der Waals surface area contributed by atoms with E-state index < -0.39 is 17.3 Å². The normalized spacial score (nSPS) is 24.2. The van der Waals surface area contributed by atoms with Crippen LogP contribution in [0.5, 0.6) is 0 Å². The number of benzene rings is 2. The molecule has 0 bridgehead atoms. The number of nitroso groups, excluding NO2 is 1. The lowest BCUT2D eigenvalue weighted by molar-refractivity contribution is -0.314. The van der Waals surface area contributed by atoms with Crippen molar-refractivity contribution >= 4 is 22.8 Å². The summed E-state index contributed by atoms with van der Waals surface area (Å²) in [5, 5.41) is 16.0. The van der Waals surface area contributed by atoms with Gasteiger partial charge in [0.15, 0.2) is 0 Å². The minimum absolute atomic E-state index is 0.0701. The van der Waals surface area contributed by atoms with E-state index >= 15 is 0 Å². The molecule has 1 aromatic heterocycles. The fraction of sp³-hybridized carbons (Fsp3) is 0.385. The van der Waals surface area contributed by atoms with E-state index in [1.165, 1.54) is 24.8 Å². The minimum Gasteiger partial charge on any atom is -0.549 e. The maximum absolute atomic E-state index is 12.3. The van der Waals surface area contributed by atoms with Crippen LogP contribution in [0.25, 0.3) is 22.2 Å². The molecule has 32 heavy (non-hydrogen) atoms. The van der Waals surface area contributed by atoms with E-state index in [1.54, 1.807) is 12.1 Å². The maximum Gasteiger partial charge on any atom is 0.316 e. The van der Waals surface area contributed by atoms with Crippen LogP contribution in [-0.4, -0.2) is 16.4 Å². The average Bonchev–Trinajstić information content (AvgIpc) is 3.50. The molecule has 0 spiro atoms. The van der Waals surface area contributed by atoms with Gasteiger partial charge in [-0.15, -0.1) is 4.91 Å². The van der Waals surface area contributed by atoms with Crippen molar-refractivity contribution in [3.8, 4) is 11.3 Å². The Morgan fingerprint density at radius 1 is 1.06 bits per heavy atom. The number of carboxylic acid groups (broad SMARTS) is 1. The molecule has 2 fully saturated rings. The molecule has 2 aromatic carbocycles. The second-order valence-corrected chi connectivity index (χ2v) is 9.60. The van der Waals surface area contributed by atoms with Gasteiger partial charge in [-0.05, 0) is 54.4 Å². The molecule has 2 saturated carbocycles. The van der Waals surface area contributed by atoms with Crippen LogP contribution in [0, 0.1) is 10.3 Å². The summed E-state index contributed by atoms with van der Waals surface area (Å²) in [6.45, 7) is 0.305. The summed E-state index contributed by atoms with van der Waals surface area (Å²) in [7, 11) is 0. The molecular formula is C26H23N2O4-. The Hall–Kier alpha value is -3.28. The molecule has 1 amide bonds. The van der Waals surface area contributed by atoms with Crippen LogP contribution in [0.3, 0.4) is 0 Å². The molecule has 2 unspecified atom stereocenters. The predicted octanol–water partition coefficient (Wildman–Crippen LogP) is 4.50. The first-order chi connectivity index (χ1) is 15.5. The Morgan fingerprint density at radius 3 is 2.59 bits per heavy atom. The molecule has 6 nitrogen and oxygen atoms in total. The van der Waals surface area contributed by atoms with Gasteiger partial charge in [0.05, 0.1) is 5.69 Å². The molecule has 3 aliphatic rings. The minimum atomic E-state index is -1.02. The van der Waals surface area contributed by atoms with E-state index in [1.807, 2.05) is 24.3 Å². The smallest absolute Gasteiger partial charge is 0.316 e. The first-order valence-corrected chi connectivity index (χ1v) is 11.4. The Kier molecular flexibility index (Phi) is 4.16. The van der Waals surface area contributed by atoms with Crippen molar-refractivity contribution in [2.75, 3.05) is 0 Å². The van der Waals surface area contributed by atoms with Crippen LogP contribution >= 0.6 is 0 Å². The Morgan fingerprint density at radius 2 is 1.84 bits per heavy atom. The fourth-order valence-electron chi connectivity index (χ4n) is 6.30. The molecule has 162 valence electrons. The number of aromatic nitrogens is 1. The number of amides is 1. The SMILES string of the molecule is O=NC(=O)c1ccc2c(C3CCCCC3)c3n(c2c1)CC1(C(=O)[O-])CC1c1ccccc1-3. The van der Waals surface area contributed by atoms with Gasteiger partial charge in [0.1, 0.15) is 0 Å². The quantitative estimate of drug-likeness (QED) is 0.576. The van der Waals surface area contributed by atoms with Crippen LogP contribution in [-0.2, 0) is 11.3 Å². The summed E-state index contributed by atoms with van der Waals surface area (Å²) >= 11 is 0. The van der Waals surface area contributed by atoms with Crippen molar-refractivity contribution in [3.05, 3.63) is 64.1 Å². The van der Waals surface area contributed by atoms with E-state index in [-0.39, 0.29) is 11.5 Å². The van der Waals surface area contributed by atoms with Gasteiger partial charge in [0, 0.05) is 45.1 Å². The third kappa shape index (κ3) is 2.58. The van der Waals surface area contributed by atoms with Gasteiger partial charge in [0.2, 0.25) is 0 Å². The molecular weight excluding hydrogens is 404 g/mol. The van der Waals surface area contributed by atoms with E-state index in [9.17, 15) is 19.6 Å². The molecule has 1 aliphatic heterocycles. The summed E-state index contributed by atoms with van der Waals surface area (Å²) < 4.78 is 2.09. The van der Waals surface area contributed by atoms with Gasteiger partial charge in [-0.1, -0.05) is 49.6 Å². The van der Waals surface area contributed by atoms with Crippen LogP contribution in [0.1, 0.15) is 71.8 Å². The fourth-order valence-corrected chi connectivity index (χ4v) is 6.30. The standard InChI is InChI=1S/C26H24N2O4/c29-24(27-32)16-10-11-19-21(12-16)28-14-26(25(30)31)13-20(26)17-8-4-5-9-18(17)23(28)22(19)15-6-2-1-3-7-15/h4-5,8-12,15,20H,1-3,6-7,13-14H2,(H,30,31)/p-1. The van der Waals surface area contributed by atoms with Gasteiger partial charge < -0.3 is 14.5 Å². The molecule has 6 heteroatoms. The first-order valence-electron chi connectivity index (χ1n) is 11.4. The Labute approximate surface area is 185 Å². The lowest BCUT2D eigenvalue weighted by Gasteiger charge is -2.24. The van der Waals surface area contributed by atoms with E-state index in [0.29, 0.717) is 18.9 Å². The van der Waals surface area contributed by atoms with Crippen molar-refractivity contribution in [2.45, 2.75) is 56.9 Å². The predicted molar refractivity (Wildman–Crippen MR) is 118 cm³/mol. The number of fused-ring (bicyclic) bond motifs is 7. The highest BCUT2D eigenvalue weighted by atomic mass is 16.4. The van der Waals surface area contributed by atoms with Crippen molar-refractivity contribution < 1.29 is 14.7 Å². The van der Waals surface area contributed by atoms with Gasteiger partial charge in [0.25, 0.3) is 0 Å². The van der Waals surface area contributed by atoms with Crippen LogP contribution in [0.4, 0.5) is 0 Å². The van der Waals surface area contributed by atoms with Crippen molar-refractivity contribution in [1.29, 1.82) is 0 Å². The number of carbonyl (C=O) groups is 2. The Balaban J connectivity index is 1.70. The van der Waals surface area contributed by atoms with Crippen molar-refractivity contribution in [3.63, 3.8) is 0 Å². The molecule has 3 aromatic rings. The monoisotopic (exact) mass is 427 g/mol. The summed E-state index contributed by atoms with van der Waals surface area (Å²) in [5.74, 6) is -1.52. The number of carbonyl (C=O) groups excluding carboxylic acids is 2. The molecule has 0 radical (unpaired) electrons. The van der Waals surface area contributed by atoms with Crippen LogP contribution in [0.2, 0.25) is 0 Å². The lowest BCUT2D eigenvalue weighted by Crippen LogP contribution is -2.36. The van der Waals surface area contributed by atoms with Crippen LogP contribution in [0.15, 0.2) is 47.6 Å². The molecule has 6 rings (SSSR count). The Bertz CT molecular complexity index is 1300. The average molecular weight is 427 g/mol. The summed E-state index contributed by atoms with van der Waals surface area (Å²) in [5.41, 5.74) is 4.56. The van der Waals surface area contributed by atoms with Gasteiger partial charge >= 0.3 is 5.91 Å². The van der Waals surface area contributed by atoms with Crippen LogP contribution < -0.4 is 5.11 Å². The molecule has 0 N–H and O–H groups in total. The van der Waals surface area contributed by atoms with Gasteiger partial charge in [-0.2, -0.15) is 0 Å².